The van der Waals surface area contributed by atoms with Crippen LogP contribution in [0.3, 0.4) is 0 Å². The van der Waals surface area contributed by atoms with E-state index in [-0.39, 0.29) is 17.8 Å². The van der Waals surface area contributed by atoms with Crippen LogP contribution in [0.15, 0.2) is 53.3 Å². The van der Waals surface area contributed by atoms with E-state index in [1.165, 1.54) is 0 Å². The zero-order valence-electron chi connectivity index (χ0n) is 16.0. The molecule has 4 rings (SSSR count). The van der Waals surface area contributed by atoms with Gasteiger partial charge in [0.05, 0.1) is 17.5 Å². The summed E-state index contributed by atoms with van der Waals surface area (Å²) in [5.74, 6) is -0.861. The number of carbonyl (C=O) groups excluding carboxylic acids is 2. The minimum atomic E-state index is -0.950. The quantitative estimate of drug-likeness (QED) is 0.403. The molecule has 0 fully saturated rings. The first-order valence-electron chi connectivity index (χ1n) is 9.23. The van der Waals surface area contributed by atoms with Crippen molar-refractivity contribution in [2.75, 3.05) is 0 Å². The first kappa shape index (κ1) is 18.6. The molecule has 0 aliphatic carbocycles. The molecule has 146 valence electrons. The number of Topliss-reactive ketones (excluding diaryl/α,β-unsaturated/α-hetero) is 1. The molecular formula is C22H19N3O4. The molecule has 2 N–H and O–H groups in total. The Hall–Kier alpha value is -3.74. The summed E-state index contributed by atoms with van der Waals surface area (Å²) in [4.78, 5) is 40.4. The molecule has 29 heavy (non-hydrogen) atoms. The van der Waals surface area contributed by atoms with E-state index in [2.05, 4.69) is 15.2 Å². The molecule has 0 radical (unpaired) electrons. The van der Waals surface area contributed by atoms with Crippen LogP contribution in [0.5, 0.6) is 0 Å². The maximum Gasteiger partial charge on any atom is 0.312 e. The molecule has 4 aromatic rings. The lowest BCUT2D eigenvalue weighted by atomic mass is 10.0. The van der Waals surface area contributed by atoms with Crippen molar-refractivity contribution in [3.63, 3.8) is 0 Å². The third-order valence-corrected chi connectivity index (χ3v) is 4.90. The molecule has 7 heteroatoms. The summed E-state index contributed by atoms with van der Waals surface area (Å²) >= 11 is 0. The van der Waals surface area contributed by atoms with Gasteiger partial charge in [-0.1, -0.05) is 36.4 Å². The number of nitrogens with zero attached hydrogens (tertiary/aromatic N) is 1. The van der Waals surface area contributed by atoms with Crippen molar-refractivity contribution in [1.29, 1.82) is 0 Å². The maximum absolute atomic E-state index is 12.9. The topological polar surface area (TPSA) is 105 Å². The monoisotopic (exact) mass is 389 g/mol. The molecule has 0 aliphatic heterocycles. The number of carbonyl (C=O) groups is 2. The Balaban J connectivity index is 1.54. The fourth-order valence-electron chi connectivity index (χ4n) is 3.53. The number of ether oxygens (including phenoxy) is 1. The minimum Gasteiger partial charge on any atom is -0.454 e. The van der Waals surface area contributed by atoms with Crippen LogP contribution in [0.2, 0.25) is 0 Å². The first-order valence-corrected chi connectivity index (χ1v) is 9.23. The molecule has 7 nitrogen and oxygen atoms in total. The van der Waals surface area contributed by atoms with E-state index in [1.807, 2.05) is 31.2 Å². The second-order valence-electron chi connectivity index (χ2n) is 6.89. The fraction of sp³-hybridized carbons (Fsp3) is 0.182. The van der Waals surface area contributed by atoms with E-state index in [9.17, 15) is 14.4 Å². The van der Waals surface area contributed by atoms with Crippen LogP contribution in [-0.4, -0.2) is 33.0 Å². The third kappa shape index (κ3) is 3.42. The van der Waals surface area contributed by atoms with Crippen molar-refractivity contribution in [3.8, 4) is 0 Å². The van der Waals surface area contributed by atoms with Gasteiger partial charge in [-0.3, -0.25) is 14.4 Å². The number of nitrogens with one attached hydrogen (secondary N) is 2. The van der Waals surface area contributed by atoms with Crippen LogP contribution in [0.4, 0.5) is 0 Å². The van der Waals surface area contributed by atoms with E-state index >= 15 is 0 Å². The number of hydrogen-bond acceptors (Lipinski definition) is 5. The molecule has 0 spiro atoms. The molecule has 0 unspecified atom stereocenters. The van der Waals surface area contributed by atoms with Gasteiger partial charge in [-0.05, 0) is 26.0 Å². The lowest BCUT2D eigenvalue weighted by molar-refractivity contribution is -0.145. The molecule has 0 aliphatic rings. The Morgan fingerprint density at radius 1 is 1.03 bits per heavy atom. The summed E-state index contributed by atoms with van der Waals surface area (Å²) in [6.45, 7) is 3.37. The van der Waals surface area contributed by atoms with Gasteiger partial charge in [-0.2, -0.15) is 5.10 Å². The highest BCUT2D eigenvalue weighted by atomic mass is 16.5. The average molecular weight is 389 g/mol. The SMILES string of the molecule is Cc1[nH]c2ccccc2c1C(=O)[C@H](C)OC(=O)Cc1n[nH]c(=O)c2ccccc12. The molecule has 0 saturated carbocycles. The van der Waals surface area contributed by atoms with E-state index in [1.54, 1.807) is 31.2 Å². The van der Waals surface area contributed by atoms with Crippen LogP contribution < -0.4 is 5.56 Å². The van der Waals surface area contributed by atoms with Crippen molar-refractivity contribution in [3.05, 3.63) is 75.8 Å². The minimum absolute atomic E-state index is 0.151. The van der Waals surface area contributed by atoms with Crippen LogP contribution in [-0.2, 0) is 16.0 Å². The van der Waals surface area contributed by atoms with Crippen LogP contribution in [0, 0.1) is 6.92 Å². The number of esters is 1. The van der Waals surface area contributed by atoms with E-state index in [0.717, 1.165) is 16.6 Å². The molecule has 2 aromatic heterocycles. The number of hydrogen-bond donors (Lipinski definition) is 2. The van der Waals surface area contributed by atoms with Gasteiger partial charge in [0.25, 0.3) is 5.56 Å². The lowest BCUT2D eigenvalue weighted by Crippen LogP contribution is -2.26. The van der Waals surface area contributed by atoms with Crippen molar-refractivity contribution >= 4 is 33.4 Å². The standard InChI is InChI=1S/C22H19N3O4/c1-12-20(16-9-5-6-10-17(16)23-12)21(27)13(2)29-19(26)11-18-14-7-3-4-8-15(14)22(28)25-24-18/h3-10,13,23H,11H2,1-2H3,(H,25,28)/t13-/m0/s1. The van der Waals surface area contributed by atoms with Gasteiger partial charge < -0.3 is 9.72 Å². The zero-order valence-corrected chi connectivity index (χ0v) is 16.0. The molecule has 0 amide bonds. The molecule has 0 saturated heterocycles. The molecule has 0 bridgehead atoms. The van der Waals surface area contributed by atoms with E-state index in [4.69, 9.17) is 4.74 Å². The Kier molecular flexibility index (Phi) is 4.72. The van der Waals surface area contributed by atoms with Crippen LogP contribution in [0.25, 0.3) is 21.7 Å². The Labute approximate surface area is 165 Å². The van der Waals surface area contributed by atoms with E-state index in [0.29, 0.717) is 22.0 Å². The number of H-pyrrole nitrogens is 2. The number of fused-ring (bicyclic) bond motifs is 2. The Bertz CT molecular complexity index is 1300. The molecule has 1 atom stereocenters. The summed E-state index contributed by atoms with van der Waals surface area (Å²) in [6.07, 6.45) is -1.10. The smallest absolute Gasteiger partial charge is 0.312 e. The lowest BCUT2D eigenvalue weighted by Gasteiger charge is -2.13. The zero-order chi connectivity index (χ0) is 20.5. The molecule has 2 aromatic carbocycles. The van der Waals surface area contributed by atoms with Gasteiger partial charge in [0, 0.05) is 27.5 Å². The van der Waals surface area contributed by atoms with Crippen LogP contribution in [0.1, 0.15) is 28.7 Å². The van der Waals surface area contributed by atoms with Crippen LogP contribution >= 0.6 is 0 Å². The number of aromatic amines is 2. The maximum atomic E-state index is 12.9. The Morgan fingerprint density at radius 3 is 2.45 bits per heavy atom. The average Bonchev–Trinajstić information content (AvgIpc) is 3.05. The predicted molar refractivity (Wildman–Crippen MR) is 109 cm³/mol. The largest absolute Gasteiger partial charge is 0.454 e. The number of aromatic nitrogens is 3. The van der Waals surface area contributed by atoms with Crippen molar-refractivity contribution in [2.45, 2.75) is 26.4 Å². The second-order valence-corrected chi connectivity index (χ2v) is 6.89. The molecule has 2 heterocycles. The number of aryl methyl sites for hydroxylation is 1. The summed E-state index contributed by atoms with van der Waals surface area (Å²) in [5, 5.41) is 8.19. The van der Waals surface area contributed by atoms with Gasteiger partial charge in [-0.25, -0.2) is 5.10 Å². The number of para-hydroxylation sites is 1. The number of ketones is 1. The van der Waals surface area contributed by atoms with E-state index < -0.39 is 12.1 Å². The van der Waals surface area contributed by atoms with Gasteiger partial charge in [0.2, 0.25) is 5.78 Å². The van der Waals surface area contributed by atoms with Crippen molar-refractivity contribution in [1.82, 2.24) is 15.2 Å². The third-order valence-electron chi connectivity index (χ3n) is 4.90. The highest BCUT2D eigenvalue weighted by Crippen LogP contribution is 2.24. The van der Waals surface area contributed by atoms with Crippen molar-refractivity contribution < 1.29 is 14.3 Å². The number of benzene rings is 2. The predicted octanol–water partition coefficient (Wildman–Crippen LogP) is 3.07. The van der Waals surface area contributed by atoms with Gasteiger partial charge in [0.1, 0.15) is 0 Å². The normalized spacial score (nSPS) is 12.2. The second kappa shape index (κ2) is 7.35. The first-order chi connectivity index (χ1) is 14.0. The highest BCUT2D eigenvalue weighted by molar-refractivity contribution is 6.11. The number of rotatable bonds is 5. The van der Waals surface area contributed by atoms with Gasteiger partial charge >= 0.3 is 5.97 Å². The molecular weight excluding hydrogens is 370 g/mol. The Morgan fingerprint density at radius 2 is 1.69 bits per heavy atom. The summed E-state index contributed by atoms with van der Waals surface area (Å²) in [7, 11) is 0. The summed E-state index contributed by atoms with van der Waals surface area (Å²) in [6, 6.07) is 14.4. The van der Waals surface area contributed by atoms with Gasteiger partial charge in [0.15, 0.2) is 6.10 Å². The van der Waals surface area contributed by atoms with Crippen molar-refractivity contribution in [2.24, 2.45) is 0 Å². The summed E-state index contributed by atoms with van der Waals surface area (Å²) < 4.78 is 5.39. The fourth-order valence-corrected chi connectivity index (χ4v) is 3.53. The van der Waals surface area contributed by atoms with Gasteiger partial charge in [-0.15, -0.1) is 0 Å². The summed E-state index contributed by atoms with van der Waals surface area (Å²) in [5.41, 5.74) is 2.18. The highest BCUT2D eigenvalue weighted by Gasteiger charge is 2.25.